The lowest BCUT2D eigenvalue weighted by atomic mass is 10.4. The van der Waals surface area contributed by atoms with Gasteiger partial charge in [-0.05, 0) is 6.92 Å². The van der Waals surface area contributed by atoms with Crippen LogP contribution in [0.25, 0.3) is 0 Å². The van der Waals surface area contributed by atoms with E-state index in [4.69, 9.17) is 0 Å². The van der Waals surface area contributed by atoms with Crippen molar-refractivity contribution in [2.24, 2.45) is 0 Å². The predicted molar refractivity (Wildman–Crippen MR) is 45.0 cm³/mol. The number of halogens is 3. The second-order valence-electron chi connectivity index (χ2n) is 3.25. The molecular weight excluding hydrogens is 203 g/mol. The van der Waals surface area contributed by atoms with E-state index in [1.807, 2.05) is 0 Å². The van der Waals surface area contributed by atoms with Crippen molar-refractivity contribution in [2.75, 3.05) is 25.4 Å². The van der Waals surface area contributed by atoms with Crippen molar-refractivity contribution < 1.29 is 17.4 Å². The van der Waals surface area contributed by atoms with E-state index in [1.165, 1.54) is 4.90 Å². The Hall–Kier alpha value is -0.100. The topological polar surface area (TPSA) is 20.3 Å². The second kappa shape index (κ2) is 3.96. The quantitative estimate of drug-likeness (QED) is 0.650. The molecule has 2 atom stereocenters. The molecule has 0 aromatic heterocycles. The highest BCUT2D eigenvalue weighted by atomic mass is 32.2. The molecule has 1 fully saturated rings. The van der Waals surface area contributed by atoms with Gasteiger partial charge in [0.1, 0.15) is 0 Å². The molecule has 0 amide bonds. The Morgan fingerprint density at radius 2 is 2.15 bits per heavy atom. The minimum atomic E-state index is -4.14. The van der Waals surface area contributed by atoms with Crippen LogP contribution in [0.2, 0.25) is 0 Å². The van der Waals surface area contributed by atoms with Crippen molar-refractivity contribution in [3.05, 3.63) is 0 Å². The zero-order valence-electron chi connectivity index (χ0n) is 7.30. The lowest BCUT2D eigenvalue weighted by Crippen LogP contribution is -2.46. The van der Waals surface area contributed by atoms with Crippen molar-refractivity contribution in [2.45, 2.75) is 18.3 Å². The van der Waals surface area contributed by atoms with Crippen molar-refractivity contribution in [3.8, 4) is 0 Å². The van der Waals surface area contributed by atoms with E-state index >= 15 is 0 Å². The van der Waals surface area contributed by atoms with Crippen LogP contribution in [0.4, 0.5) is 13.2 Å². The van der Waals surface area contributed by atoms with Gasteiger partial charge in [-0.3, -0.25) is 9.11 Å². The summed E-state index contributed by atoms with van der Waals surface area (Å²) in [6, 6.07) is 0. The van der Waals surface area contributed by atoms with Crippen LogP contribution < -0.4 is 0 Å². The van der Waals surface area contributed by atoms with Crippen LogP contribution in [-0.4, -0.2) is 45.9 Å². The molecule has 0 aliphatic carbocycles. The minimum Gasteiger partial charge on any atom is -0.293 e. The van der Waals surface area contributed by atoms with E-state index in [0.717, 1.165) is 0 Å². The summed E-state index contributed by atoms with van der Waals surface area (Å²) >= 11 is 0. The van der Waals surface area contributed by atoms with Gasteiger partial charge in [0.2, 0.25) is 0 Å². The number of hydrogen-bond acceptors (Lipinski definition) is 2. The SMILES string of the molecule is CC1CN(CC(F)(F)F)CCS1=O. The third kappa shape index (κ3) is 3.64. The summed E-state index contributed by atoms with van der Waals surface area (Å²) in [5, 5.41) is -0.143. The number of rotatable bonds is 1. The Bertz CT molecular complexity index is 206. The van der Waals surface area contributed by atoms with E-state index < -0.39 is 23.5 Å². The Labute approximate surface area is 77.6 Å². The molecule has 1 rings (SSSR count). The summed E-state index contributed by atoms with van der Waals surface area (Å²) in [7, 11) is -0.943. The lowest BCUT2D eigenvalue weighted by Gasteiger charge is -2.30. The smallest absolute Gasteiger partial charge is 0.293 e. The average Bonchev–Trinajstić information content (AvgIpc) is 1.94. The van der Waals surface area contributed by atoms with E-state index in [-0.39, 0.29) is 18.3 Å². The molecule has 0 saturated carbocycles. The summed E-state index contributed by atoms with van der Waals surface area (Å²) in [6.45, 7) is 1.41. The Morgan fingerprint density at radius 1 is 1.54 bits per heavy atom. The van der Waals surface area contributed by atoms with Crippen LogP contribution in [0.5, 0.6) is 0 Å². The summed E-state index contributed by atoms with van der Waals surface area (Å²) in [5.41, 5.74) is 0. The van der Waals surface area contributed by atoms with Gasteiger partial charge in [-0.2, -0.15) is 13.2 Å². The zero-order valence-corrected chi connectivity index (χ0v) is 8.12. The monoisotopic (exact) mass is 215 g/mol. The van der Waals surface area contributed by atoms with Gasteiger partial charge in [-0.1, -0.05) is 0 Å². The van der Waals surface area contributed by atoms with Gasteiger partial charge in [0, 0.05) is 34.9 Å². The maximum Gasteiger partial charge on any atom is 0.401 e. The van der Waals surface area contributed by atoms with Gasteiger partial charge in [-0.15, -0.1) is 0 Å². The van der Waals surface area contributed by atoms with E-state index in [9.17, 15) is 17.4 Å². The molecule has 1 saturated heterocycles. The lowest BCUT2D eigenvalue weighted by molar-refractivity contribution is -0.145. The fourth-order valence-electron chi connectivity index (χ4n) is 1.36. The first-order valence-electron chi connectivity index (χ1n) is 4.05. The van der Waals surface area contributed by atoms with E-state index in [1.54, 1.807) is 6.92 Å². The highest BCUT2D eigenvalue weighted by Crippen LogP contribution is 2.18. The van der Waals surface area contributed by atoms with Crippen molar-refractivity contribution in [1.29, 1.82) is 0 Å². The van der Waals surface area contributed by atoms with Crippen molar-refractivity contribution in [1.82, 2.24) is 4.90 Å². The first kappa shape index (κ1) is 11.0. The van der Waals surface area contributed by atoms with Crippen LogP contribution >= 0.6 is 0 Å². The van der Waals surface area contributed by atoms with Crippen molar-refractivity contribution >= 4 is 10.8 Å². The fourth-order valence-corrected chi connectivity index (χ4v) is 2.57. The fraction of sp³-hybridized carbons (Fsp3) is 1.00. The molecule has 0 aromatic carbocycles. The maximum atomic E-state index is 11.9. The van der Waals surface area contributed by atoms with Crippen molar-refractivity contribution in [3.63, 3.8) is 0 Å². The molecule has 0 bridgehead atoms. The molecule has 1 heterocycles. The molecular formula is C7H12F3NOS. The van der Waals surface area contributed by atoms with Crippen LogP contribution in [0.3, 0.4) is 0 Å². The Morgan fingerprint density at radius 3 is 2.62 bits per heavy atom. The standard InChI is InChI=1S/C7H12F3NOS/c1-6-4-11(2-3-13(6)12)5-7(8,9)10/h6H,2-5H2,1H3. The number of alkyl halides is 3. The normalized spacial score (nSPS) is 32.0. The summed E-state index contributed by atoms with van der Waals surface area (Å²) in [4.78, 5) is 1.31. The highest BCUT2D eigenvalue weighted by Gasteiger charge is 2.33. The minimum absolute atomic E-state index is 0.143. The third-order valence-corrected chi connectivity index (χ3v) is 3.61. The average molecular weight is 215 g/mol. The molecule has 0 aromatic rings. The summed E-state index contributed by atoms with van der Waals surface area (Å²) in [6.07, 6.45) is -4.14. The van der Waals surface area contributed by atoms with E-state index in [0.29, 0.717) is 5.75 Å². The van der Waals surface area contributed by atoms with Crippen LogP contribution in [0, 0.1) is 0 Å². The molecule has 1 aliphatic heterocycles. The molecule has 1 aliphatic rings. The van der Waals surface area contributed by atoms with Gasteiger partial charge in [0.15, 0.2) is 0 Å². The Kier molecular flexibility index (Phi) is 3.34. The molecule has 2 nitrogen and oxygen atoms in total. The molecule has 0 spiro atoms. The van der Waals surface area contributed by atoms with Gasteiger partial charge in [0.25, 0.3) is 0 Å². The van der Waals surface area contributed by atoms with Gasteiger partial charge in [0.05, 0.1) is 6.54 Å². The van der Waals surface area contributed by atoms with Crippen LogP contribution in [0.1, 0.15) is 6.92 Å². The number of nitrogens with zero attached hydrogens (tertiary/aromatic N) is 1. The second-order valence-corrected chi connectivity index (χ2v) is 5.22. The van der Waals surface area contributed by atoms with Gasteiger partial charge in [-0.25, -0.2) is 0 Å². The zero-order chi connectivity index (χ0) is 10.1. The molecule has 2 unspecified atom stereocenters. The molecule has 78 valence electrons. The van der Waals surface area contributed by atoms with Gasteiger partial charge < -0.3 is 0 Å². The molecule has 13 heavy (non-hydrogen) atoms. The molecule has 0 radical (unpaired) electrons. The molecule has 6 heteroatoms. The third-order valence-electron chi connectivity index (χ3n) is 1.98. The first-order chi connectivity index (χ1) is 5.88. The highest BCUT2D eigenvalue weighted by molar-refractivity contribution is 7.85. The first-order valence-corrected chi connectivity index (χ1v) is 5.43. The van der Waals surface area contributed by atoms with E-state index in [2.05, 4.69) is 0 Å². The number of hydrogen-bond donors (Lipinski definition) is 0. The summed E-state index contributed by atoms with van der Waals surface area (Å²) < 4.78 is 46.9. The van der Waals surface area contributed by atoms with Crippen LogP contribution in [-0.2, 0) is 10.8 Å². The van der Waals surface area contributed by atoms with Crippen LogP contribution in [0.15, 0.2) is 0 Å². The maximum absolute atomic E-state index is 11.9. The Balaban J connectivity index is 2.42. The van der Waals surface area contributed by atoms with Gasteiger partial charge >= 0.3 is 6.18 Å². The largest absolute Gasteiger partial charge is 0.401 e. The summed E-state index contributed by atoms with van der Waals surface area (Å²) in [5.74, 6) is 0.358. The molecule has 0 N–H and O–H groups in total. The predicted octanol–water partition coefficient (Wildman–Crippen LogP) is 1.00.